The fourth-order valence-corrected chi connectivity index (χ4v) is 3.13. The van der Waals surface area contributed by atoms with Crippen molar-refractivity contribution in [1.82, 2.24) is 9.88 Å². The third kappa shape index (κ3) is 3.83. The molecule has 21 heavy (non-hydrogen) atoms. The number of aromatic nitrogens is 1. The average Bonchev–Trinajstić information content (AvgIpc) is 2.90. The predicted molar refractivity (Wildman–Crippen MR) is 87.4 cm³/mol. The Hall–Kier alpha value is -1.39. The highest BCUT2D eigenvalue weighted by atomic mass is 79.9. The first-order chi connectivity index (χ1) is 10.2. The van der Waals surface area contributed by atoms with Gasteiger partial charge in [0.25, 0.3) is 0 Å². The summed E-state index contributed by atoms with van der Waals surface area (Å²) in [6.45, 7) is 5.07. The molecule has 1 aromatic heterocycles. The van der Waals surface area contributed by atoms with Gasteiger partial charge in [-0.2, -0.15) is 0 Å². The minimum absolute atomic E-state index is 0.237. The number of rotatable bonds is 4. The fraction of sp³-hybridized carbons (Fsp3) is 0.353. The Balaban J connectivity index is 1.57. The highest BCUT2D eigenvalue weighted by molar-refractivity contribution is 9.10. The SMILES string of the molecule is Cc1cc(Br)cnc1OC1CCN(Cc2ccccc2)C1. The van der Waals surface area contributed by atoms with Crippen LogP contribution in [-0.2, 0) is 6.54 Å². The highest BCUT2D eigenvalue weighted by Gasteiger charge is 2.24. The molecule has 0 saturated carbocycles. The van der Waals surface area contributed by atoms with Gasteiger partial charge >= 0.3 is 0 Å². The monoisotopic (exact) mass is 346 g/mol. The summed E-state index contributed by atoms with van der Waals surface area (Å²) in [6.07, 6.45) is 3.09. The summed E-state index contributed by atoms with van der Waals surface area (Å²) in [6, 6.07) is 12.6. The molecule has 2 heterocycles. The lowest BCUT2D eigenvalue weighted by Crippen LogP contribution is -2.25. The van der Waals surface area contributed by atoms with Gasteiger partial charge in [-0.25, -0.2) is 4.98 Å². The van der Waals surface area contributed by atoms with Crippen LogP contribution in [0.5, 0.6) is 5.88 Å². The van der Waals surface area contributed by atoms with Gasteiger partial charge in [0.2, 0.25) is 5.88 Å². The number of nitrogens with zero attached hydrogens (tertiary/aromatic N) is 2. The van der Waals surface area contributed by atoms with Gasteiger partial charge in [0, 0.05) is 35.9 Å². The molecule has 1 unspecified atom stereocenters. The van der Waals surface area contributed by atoms with Crippen LogP contribution >= 0.6 is 15.9 Å². The molecule has 0 amide bonds. The van der Waals surface area contributed by atoms with Gasteiger partial charge in [0.05, 0.1) is 0 Å². The number of likely N-dealkylation sites (tertiary alicyclic amines) is 1. The summed E-state index contributed by atoms with van der Waals surface area (Å²) in [5.41, 5.74) is 2.43. The van der Waals surface area contributed by atoms with Crippen molar-refractivity contribution >= 4 is 15.9 Å². The van der Waals surface area contributed by atoms with Gasteiger partial charge in [-0.1, -0.05) is 30.3 Å². The van der Waals surface area contributed by atoms with Gasteiger partial charge in [0.1, 0.15) is 6.10 Å². The van der Waals surface area contributed by atoms with Crippen LogP contribution in [0.4, 0.5) is 0 Å². The normalized spacial score (nSPS) is 18.9. The van der Waals surface area contributed by atoms with Crippen molar-refractivity contribution in [3.8, 4) is 5.88 Å². The van der Waals surface area contributed by atoms with Crippen molar-refractivity contribution in [3.05, 3.63) is 58.2 Å². The lowest BCUT2D eigenvalue weighted by molar-refractivity contribution is 0.190. The molecular formula is C17H19BrN2O. The number of pyridine rings is 1. The smallest absolute Gasteiger partial charge is 0.216 e. The molecule has 1 fully saturated rings. The maximum absolute atomic E-state index is 6.06. The Kier molecular flexibility index (Phi) is 4.56. The number of hydrogen-bond acceptors (Lipinski definition) is 3. The summed E-state index contributed by atoms with van der Waals surface area (Å²) < 4.78 is 7.05. The Morgan fingerprint density at radius 2 is 2.14 bits per heavy atom. The second kappa shape index (κ2) is 6.58. The van der Waals surface area contributed by atoms with Crippen molar-refractivity contribution in [2.45, 2.75) is 26.0 Å². The third-order valence-electron chi connectivity index (χ3n) is 3.75. The van der Waals surface area contributed by atoms with E-state index in [1.807, 2.05) is 13.0 Å². The molecule has 1 aliphatic rings. The van der Waals surface area contributed by atoms with Gasteiger partial charge in [-0.15, -0.1) is 0 Å². The number of ether oxygens (including phenoxy) is 1. The Labute approximate surface area is 134 Å². The summed E-state index contributed by atoms with van der Waals surface area (Å²) in [5.74, 6) is 0.754. The summed E-state index contributed by atoms with van der Waals surface area (Å²) in [5, 5.41) is 0. The van der Waals surface area contributed by atoms with E-state index < -0.39 is 0 Å². The standard InChI is InChI=1S/C17H19BrN2O/c1-13-9-15(18)10-19-17(13)21-16-7-8-20(12-16)11-14-5-3-2-4-6-14/h2-6,9-10,16H,7-8,11-12H2,1H3. The van der Waals surface area contributed by atoms with Crippen LogP contribution in [-0.4, -0.2) is 29.1 Å². The van der Waals surface area contributed by atoms with Crippen LogP contribution in [0.2, 0.25) is 0 Å². The topological polar surface area (TPSA) is 25.4 Å². The van der Waals surface area contributed by atoms with Crippen LogP contribution in [0, 0.1) is 6.92 Å². The van der Waals surface area contributed by atoms with Gasteiger partial charge in [-0.05, 0) is 40.9 Å². The maximum Gasteiger partial charge on any atom is 0.216 e. The molecule has 1 aliphatic heterocycles. The van der Waals surface area contributed by atoms with E-state index in [0.29, 0.717) is 0 Å². The van der Waals surface area contributed by atoms with Crippen molar-refractivity contribution in [2.24, 2.45) is 0 Å². The minimum atomic E-state index is 0.237. The zero-order valence-corrected chi connectivity index (χ0v) is 13.7. The van der Waals surface area contributed by atoms with Gasteiger partial charge in [0.15, 0.2) is 0 Å². The second-order valence-corrected chi connectivity index (χ2v) is 6.44. The van der Waals surface area contributed by atoms with E-state index in [-0.39, 0.29) is 6.10 Å². The summed E-state index contributed by atoms with van der Waals surface area (Å²) in [7, 11) is 0. The molecule has 1 saturated heterocycles. The minimum Gasteiger partial charge on any atom is -0.473 e. The number of hydrogen-bond donors (Lipinski definition) is 0. The first-order valence-electron chi connectivity index (χ1n) is 7.26. The number of halogens is 1. The fourth-order valence-electron chi connectivity index (χ4n) is 2.69. The van der Waals surface area contributed by atoms with Gasteiger partial charge < -0.3 is 4.74 Å². The zero-order chi connectivity index (χ0) is 14.7. The summed E-state index contributed by atoms with van der Waals surface area (Å²) in [4.78, 5) is 6.80. The zero-order valence-electron chi connectivity index (χ0n) is 12.1. The molecule has 1 aromatic carbocycles. The molecule has 0 spiro atoms. The molecule has 3 nitrogen and oxygen atoms in total. The van der Waals surface area contributed by atoms with Gasteiger partial charge in [-0.3, -0.25) is 4.90 Å². The third-order valence-corrected chi connectivity index (χ3v) is 4.19. The molecule has 1 atom stereocenters. The van der Waals surface area contributed by atoms with E-state index in [9.17, 15) is 0 Å². The van der Waals surface area contributed by atoms with E-state index in [0.717, 1.165) is 42.0 Å². The molecule has 0 bridgehead atoms. The average molecular weight is 347 g/mol. The van der Waals surface area contributed by atoms with Crippen molar-refractivity contribution in [2.75, 3.05) is 13.1 Å². The second-order valence-electron chi connectivity index (χ2n) is 5.52. The molecule has 0 aliphatic carbocycles. The quantitative estimate of drug-likeness (QED) is 0.841. The van der Waals surface area contributed by atoms with Crippen LogP contribution in [0.1, 0.15) is 17.5 Å². The Morgan fingerprint density at radius 1 is 1.33 bits per heavy atom. The largest absolute Gasteiger partial charge is 0.473 e. The molecule has 4 heteroatoms. The number of aryl methyl sites for hydroxylation is 1. The molecule has 3 rings (SSSR count). The van der Waals surface area contributed by atoms with Crippen LogP contribution < -0.4 is 4.74 Å². The molecule has 0 N–H and O–H groups in total. The van der Waals surface area contributed by atoms with Crippen LogP contribution in [0.15, 0.2) is 47.1 Å². The van der Waals surface area contributed by atoms with Crippen molar-refractivity contribution in [1.29, 1.82) is 0 Å². The van der Waals surface area contributed by atoms with Crippen LogP contribution in [0.3, 0.4) is 0 Å². The van der Waals surface area contributed by atoms with E-state index in [4.69, 9.17) is 4.74 Å². The molecule has 0 radical (unpaired) electrons. The van der Waals surface area contributed by atoms with E-state index >= 15 is 0 Å². The maximum atomic E-state index is 6.06. The summed E-state index contributed by atoms with van der Waals surface area (Å²) >= 11 is 3.43. The van der Waals surface area contributed by atoms with E-state index in [2.05, 4.69) is 56.1 Å². The van der Waals surface area contributed by atoms with E-state index in [1.54, 1.807) is 6.20 Å². The lowest BCUT2D eigenvalue weighted by atomic mass is 10.2. The number of benzene rings is 1. The Bertz CT molecular complexity index is 603. The predicted octanol–water partition coefficient (Wildman–Crippen LogP) is 3.81. The highest BCUT2D eigenvalue weighted by Crippen LogP contribution is 2.23. The van der Waals surface area contributed by atoms with Crippen molar-refractivity contribution in [3.63, 3.8) is 0 Å². The first-order valence-corrected chi connectivity index (χ1v) is 8.05. The first kappa shape index (κ1) is 14.5. The van der Waals surface area contributed by atoms with Crippen molar-refractivity contribution < 1.29 is 4.74 Å². The molecular weight excluding hydrogens is 328 g/mol. The lowest BCUT2D eigenvalue weighted by Gasteiger charge is -2.17. The molecule has 110 valence electrons. The Morgan fingerprint density at radius 3 is 2.90 bits per heavy atom. The molecule has 2 aromatic rings. The van der Waals surface area contributed by atoms with E-state index in [1.165, 1.54) is 5.56 Å². The van der Waals surface area contributed by atoms with Crippen LogP contribution in [0.25, 0.3) is 0 Å².